The molecule has 1 atom stereocenters. The highest BCUT2D eigenvalue weighted by Gasteiger charge is 2.18. The molecule has 4 heteroatoms. The van der Waals surface area contributed by atoms with Gasteiger partial charge < -0.3 is 10.1 Å². The lowest BCUT2D eigenvalue weighted by atomic mass is 10.2. The van der Waals surface area contributed by atoms with Crippen LogP contribution < -0.4 is 10.1 Å². The van der Waals surface area contributed by atoms with Crippen LogP contribution >= 0.6 is 15.9 Å². The Morgan fingerprint density at radius 1 is 1.24 bits per heavy atom. The van der Waals surface area contributed by atoms with Crippen molar-refractivity contribution in [2.75, 3.05) is 5.32 Å². The van der Waals surface area contributed by atoms with Crippen LogP contribution in [-0.4, -0.2) is 12.0 Å². The van der Waals surface area contributed by atoms with Crippen LogP contribution in [-0.2, 0) is 4.79 Å². The number of carbonyl (C=O) groups is 1. The number of carbonyl (C=O) groups excluding carboxylic acids is 1. The first-order chi connectivity index (χ1) is 10.1. The summed E-state index contributed by atoms with van der Waals surface area (Å²) in [7, 11) is 0. The SMILES string of the molecule is CC[C@@H](Oc1ccccc1)C(=O)Nc1ccc(Br)c(C)c1. The van der Waals surface area contributed by atoms with E-state index in [1.54, 1.807) is 0 Å². The van der Waals surface area contributed by atoms with Crippen LogP contribution in [0.5, 0.6) is 5.75 Å². The van der Waals surface area contributed by atoms with E-state index in [4.69, 9.17) is 4.74 Å². The first-order valence-electron chi connectivity index (χ1n) is 6.89. The summed E-state index contributed by atoms with van der Waals surface area (Å²) in [4.78, 5) is 12.3. The van der Waals surface area contributed by atoms with Crippen molar-refractivity contribution in [2.45, 2.75) is 26.4 Å². The van der Waals surface area contributed by atoms with E-state index in [2.05, 4.69) is 21.2 Å². The van der Waals surface area contributed by atoms with Crippen molar-refractivity contribution in [3.63, 3.8) is 0 Å². The molecular formula is C17H18BrNO2. The van der Waals surface area contributed by atoms with Gasteiger partial charge in [-0.2, -0.15) is 0 Å². The Balaban J connectivity index is 2.04. The summed E-state index contributed by atoms with van der Waals surface area (Å²) >= 11 is 3.45. The number of hydrogen-bond donors (Lipinski definition) is 1. The molecule has 2 rings (SSSR count). The number of hydrogen-bond acceptors (Lipinski definition) is 2. The van der Waals surface area contributed by atoms with E-state index in [1.807, 2.05) is 62.4 Å². The molecule has 1 N–H and O–H groups in total. The van der Waals surface area contributed by atoms with Gasteiger partial charge in [0.05, 0.1) is 0 Å². The van der Waals surface area contributed by atoms with Crippen molar-refractivity contribution in [1.29, 1.82) is 0 Å². The molecule has 0 saturated carbocycles. The number of rotatable bonds is 5. The van der Waals surface area contributed by atoms with Gasteiger partial charge in [0.15, 0.2) is 6.10 Å². The van der Waals surface area contributed by atoms with Crippen LogP contribution in [0, 0.1) is 6.92 Å². The molecule has 0 bridgehead atoms. The summed E-state index contributed by atoms with van der Waals surface area (Å²) in [6, 6.07) is 15.1. The number of nitrogens with one attached hydrogen (secondary N) is 1. The van der Waals surface area contributed by atoms with Crippen LogP contribution in [0.3, 0.4) is 0 Å². The third-order valence-corrected chi connectivity index (χ3v) is 4.00. The Morgan fingerprint density at radius 2 is 1.95 bits per heavy atom. The molecule has 0 aromatic heterocycles. The van der Waals surface area contributed by atoms with Gasteiger partial charge in [0.1, 0.15) is 5.75 Å². The van der Waals surface area contributed by atoms with Gasteiger partial charge in [0, 0.05) is 10.2 Å². The fourth-order valence-corrected chi connectivity index (χ4v) is 2.18. The normalized spacial score (nSPS) is 11.8. The van der Waals surface area contributed by atoms with Crippen LogP contribution in [0.4, 0.5) is 5.69 Å². The van der Waals surface area contributed by atoms with Gasteiger partial charge in [-0.1, -0.05) is 41.1 Å². The molecule has 0 aliphatic carbocycles. The van der Waals surface area contributed by atoms with E-state index >= 15 is 0 Å². The first kappa shape index (κ1) is 15.6. The van der Waals surface area contributed by atoms with Crippen molar-refractivity contribution in [2.24, 2.45) is 0 Å². The van der Waals surface area contributed by atoms with E-state index in [-0.39, 0.29) is 5.91 Å². The van der Waals surface area contributed by atoms with Crippen LogP contribution in [0.15, 0.2) is 53.0 Å². The molecule has 21 heavy (non-hydrogen) atoms. The molecule has 2 aromatic carbocycles. The highest BCUT2D eigenvalue weighted by molar-refractivity contribution is 9.10. The highest BCUT2D eigenvalue weighted by Crippen LogP contribution is 2.21. The van der Waals surface area contributed by atoms with E-state index < -0.39 is 6.10 Å². The van der Waals surface area contributed by atoms with Crippen molar-refractivity contribution >= 4 is 27.5 Å². The number of aryl methyl sites for hydroxylation is 1. The number of ether oxygens (including phenoxy) is 1. The predicted octanol–water partition coefficient (Wildman–Crippen LogP) is 4.55. The lowest BCUT2D eigenvalue weighted by molar-refractivity contribution is -0.122. The van der Waals surface area contributed by atoms with E-state index in [0.29, 0.717) is 12.2 Å². The minimum atomic E-state index is -0.503. The maximum Gasteiger partial charge on any atom is 0.265 e. The molecule has 0 fully saturated rings. The van der Waals surface area contributed by atoms with Gasteiger partial charge >= 0.3 is 0 Å². The molecule has 2 aromatic rings. The maximum atomic E-state index is 12.3. The third-order valence-electron chi connectivity index (χ3n) is 3.11. The second-order valence-electron chi connectivity index (χ2n) is 4.78. The first-order valence-corrected chi connectivity index (χ1v) is 7.68. The van der Waals surface area contributed by atoms with Crippen molar-refractivity contribution < 1.29 is 9.53 Å². The number of halogens is 1. The Kier molecular flexibility index (Phi) is 5.39. The molecule has 0 heterocycles. The molecular weight excluding hydrogens is 330 g/mol. The summed E-state index contributed by atoms with van der Waals surface area (Å²) in [5.41, 5.74) is 1.85. The third kappa shape index (κ3) is 4.33. The fourth-order valence-electron chi connectivity index (χ4n) is 1.93. The number of amides is 1. The molecule has 3 nitrogen and oxygen atoms in total. The molecule has 0 saturated heterocycles. The molecule has 0 radical (unpaired) electrons. The zero-order chi connectivity index (χ0) is 15.2. The lowest BCUT2D eigenvalue weighted by Gasteiger charge is -2.17. The average Bonchev–Trinajstić information content (AvgIpc) is 2.49. The van der Waals surface area contributed by atoms with E-state index in [0.717, 1.165) is 15.7 Å². The maximum absolute atomic E-state index is 12.3. The summed E-state index contributed by atoms with van der Waals surface area (Å²) in [5.74, 6) is 0.564. The van der Waals surface area contributed by atoms with Gasteiger partial charge in [0.2, 0.25) is 0 Å². The summed E-state index contributed by atoms with van der Waals surface area (Å²) in [5, 5.41) is 2.90. The van der Waals surface area contributed by atoms with E-state index in [9.17, 15) is 4.79 Å². The van der Waals surface area contributed by atoms with Crippen LogP contribution in [0.2, 0.25) is 0 Å². The lowest BCUT2D eigenvalue weighted by Crippen LogP contribution is -2.32. The van der Waals surface area contributed by atoms with Gasteiger partial charge in [-0.15, -0.1) is 0 Å². The second kappa shape index (κ2) is 7.27. The Hall–Kier alpha value is -1.81. The Labute approximate surface area is 133 Å². The van der Waals surface area contributed by atoms with Crippen molar-refractivity contribution in [1.82, 2.24) is 0 Å². The van der Waals surface area contributed by atoms with Gasteiger partial charge in [-0.3, -0.25) is 4.79 Å². The smallest absolute Gasteiger partial charge is 0.265 e. The topological polar surface area (TPSA) is 38.3 Å². The van der Waals surface area contributed by atoms with Crippen molar-refractivity contribution in [3.05, 3.63) is 58.6 Å². The molecule has 0 aliphatic rings. The molecule has 0 aliphatic heterocycles. The number of benzene rings is 2. The monoisotopic (exact) mass is 347 g/mol. The average molecular weight is 348 g/mol. The molecule has 0 unspecified atom stereocenters. The van der Waals surface area contributed by atoms with Gasteiger partial charge in [0.25, 0.3) is 5.91 Å². The Bertz CT molecular complexity index is 613. The highest BCUT2D eigenvalue weighted by atomic mass is 79.9. The molecule has 0 spiro atoms. The van der Waals surface area contributed by atoms with Gasteiger partial charge in [-0.05, 0) is 49.2 Å². The van der Waals surface area contributed by atoms with Crippen LogP contribution in [0.1, 0.15) is 18.9 Å². The fraction of sp³-hybridized carbons (Fsp3) is 0.235. The number of anilines is 1. The minimum absolute atomic E-state index is 0.136. The standard InChI is InChI=1S/C17H18BrNO2/c1-3-16(21-14-7-5-4-6-8-14)17(20)19-13-9-10-15(18)12(2)11-13/h4-11,16H,3H2,1-2H3,(H,19,20)/t16-/m1/s1. The largest absolute Gasteiger partial charge is 0.481 e. The number of para-hydroxylation sites is 1. The zero-order valence-electron chi connectivity index (χ0n) is 12.1. The summed E-state index contributed by atoms with van der Waals surface area (Å²) in [6.45, 7) is 3.91. The molecule has 1 amide bonds. The Morgan fingerprint density at radius 3 is 2.57 bits per heavy atom. The van der Waals surface area contributed by atoms with E-state index in [1.165, 1.54) is 0 Å². The summed E-state index contributed by atoms with van der Waals surface area (Å²) < 4.78 is 6.75. The zero-order valence-corrected chi connectivity index (χ0v) is 13.7. The summed E-state index contributed by atoms with van der Waals surface area (Å²) in [6.07, 6.45) is 0.104. The predicted molar refractivity (Wildman–Crippen MR) is 88.7 cm³/mol. The van der Waals surface area contributed by atoms with Crippen molar-refractivity contribution in [3.8, 4) is 5.75 Å². The van der Waals surface area contributed by atoms with Gasteiger partial charge in [-0.25, -0.2) is 0 Å². The molecule has 110 valence electrons. The minimum Gasteiger partial charge on any atom is -0.481 e. The van der Waals surface area contributed by atoms with Crippen LogP contribution in [0.25, 0.3) is 0 Å². The second-order valence-corrected chi connectivity index (χ2v) is 5.64. The quantitative estimate of drug-likeness (QED) is 0.861.